The number of imidazole rings is 1. The Morgan fingerprint density at radius 2 is 2.18 bits per heavy atom. The van der Waals surface area contributed by atoms with Gasteiger partial charge in [0.2, 0.25) is 0 Å². The van der Waals surface area contributed by atoms with Crippen LogP contribution in [0.3, 0.4) is 0 Å². The Morgan fingerprint density at radius 1 is 1.47 bits per heavy atom. The maximum absolute atomic E-state index is 10.5. The number of aldehydes is 1. The molecule has 2 rings (SSSR count). The predicted molar refractivity (Wildman–Crippen MR) is 65.7 cm³/mol. The van der Waals surface area contributed by atoms with Crippen LogP contribution in [-0.4, -0.2) is 26.5 Å². The topological polar surface area (TPSA) is 55.1 Å². The Labute approximate surface area is 99.9 Å². The molecule has 0 saturated carbocycles. The van der Waals surface area contributed by atoms with Crippen molar-refractivity contribution in [2.24, 2.45) is 7.05 Å². The molecule has 4 heteroatoms. The molecule has 1 aromatic carbocycles. The molecule has 4 nitrogen and oxygen atoms in total. The maximum Gasteiger partial charge on any atom is 0.122 e. The van der Waals surface area contributed by atoms with Crippen molar-refractivity contribution in [3.8, 4) is 0 Å². The number of rotatable bonds is 4. The monoisotopic (exact) mass is 232 g/mol. The van der Waals surface area contributed by atoms with Gasteiger partial charge in [0.05, 0.1) is 16.6 Å². The highest BCUT2D eigenvalue weighted by Crippen LogP contribution is 2.19. The summed E-state index contributed by atoms with van der Waals surface area (Å²) in [5.74, 6) is 0.790. The molecule has 1 heterocycles. The first-order valence-electron chi connectivity index (χ1n) is 5.60. The normalized spacial score (nSPS) is 14.8. The summed E-state index contributed by atoms with van der Waals surface area (Å²) >= 11 is 0. The summed E-state index contributed by atoms with van der Waals surface area (Å²) in [5.41, 5.74) is 0.910. The van der Waals surface area contributed by atoms with E-state index in [-0.39, 0.29) is 6.42 Å². The van der Waals surface area contributed by atoms with Gasteiger partial charge >= 0.3 is 0 Å². The van der Waals surface area contributed by atoms with E-state index in [4.69, 9.17) is 0 Å². The number of aliphatic hydroxyl groups is 1. The zero-order chi connectivity index (χ0) is 12.5. The highest BCUT2D eigenvalue weighted by Gasteiger charge is 2.23. The van der Waals surface area contributed by atoms with Crippen molar-refractivity contribution < 1.29 is 9.90 Å². The molecule has 0 spiro atoms. The number of nitrogens with zero attached hydrogens (tertiary/aromatic N) is 2. The van der Waals surface area contributed by atoms with Crippen LogP contribution in [-0.2, 0) is 18.3 Å². The predicted octanol–water partition coefficient (Wildman–Crippen LogP) is 1.46. The molecule has 0 fully saturated rings. The molecule has 0 bridgehead atoms. The molecule has 0 amide bonds. The number of hydrogen-bond acceptors (Lipinski definition) is 3. The van der Waals surface area contributed by atoms with Crippen molar-refractivity contribution in [1.29, 1.82) is 0 Å². The summed E-state index contributed by atoms with van der Waals surface area (Å²) in [6.07, 6.45) is 1.23. The van der Waals surface area contributed by atoms with Crippen molar-refractivity contribution in [2.45, 2.75) is 25.4 Å². The van der Waals surface area contributed by atoms with Crippen LogP contribution in [0.2, 0.25) is 0 Å². The fourth-order valence-corrected chi connectivity index (χ4v) is 1.95. The molecule has 0 radical (unpaired) electrons. The summed E-state index contributed by atoms with van der Waals surface area (Å²) in [6, 6.07) is 7.81. The lowest BCUT2D eigenvalue weighted by atomic mass is 9.99. The summed E-state index contributed by atoms with van der Waals surface area (Å²) < 4.78 is 1.95. The Kier molecular flexibility index (Phi) is 2.98. The van der Waals surface area contributed by atoms with Gasteiger partial charge in [-0.05, 0) is 19.1 Å². The van der Waals surface area contributed by atoms with Crippen molar-refractivity contribution in [3.05, 3.63) is 30.1 Å². The van der Waals surface area contributed by atoms with Crippen LogP contribution < -0.4 is 0 Å². The third-order valence-corrected chi connectivity index (χ3v) is 2.94. The van der Waals surface area contributed by atoms with Crippen molar-refractivity contribution in [3.63, 3.8) is 0 Å². The third kappa shape index (κ3) is 2.36. The molecule has 1 N–H and O–H groups in total. The number of carbonyl (C=O) groups excluding carboxylic acids is 1. The van der Waals surface area contributed by atoms with E-state index in [1.165, 1.54) is 0 Å². The molecule has 0 saturated heterocycles. The number of benzene rings is 1. The minimum absolute atomic E-state index is 0.121. The second-order valence-electron chi connectivity index (χ2n) is 4.62. The SMILES string of the molecule is Cn1c(CC(C)(O)CC=O)nc2ccccc21. The largest absolute Gasteiger partial charge is 0.389 e. The van der Waals surface area contributed by atoms with Crippen molar-refractivity contribution >= 4 is 17.3 Å². The molecular weight excluding hydrogens is 216 g/mol. The Hall–Kier alpha value is -1.68. The van der Waals surface area contributed by atoms with Gasteiger partial charge in [-0.2, -0.15) is 0 Å². The van der Waals surface area contributed by atoms with E-state index in [0.29, 0.717) is 6.42 Å². The van der Waals surface area contributed by atoms with Gasteiger partial charge in [0.25, 0.3) is 0 Å². The quantitative estimate of drug-likeness (QED) is 0.812. The first-order valence-corrected chi connectivity index (χ1v) is 5.60. The summed E-state index contributed by atoms with van der Waals surface area (Å²) in [6.45, 7) is 1.65. The van der Waals surface area contributed by atoms with Crippen LogP contribution in [0, 0.1) is 0 Å². The Bertz CT molecular complexity index is 543. The van der Waals surface area contributed by atoms with E-state index in [9.17, 15) is 9.90 Å². The molecule has 2 aromatic rings. The molecule has 1 aromatic heterocycles. The number of para-hydroxylation sites is 2. The highest BCUT2D eigenvalue weighted by molar-refractivity contribution is 5.75. The summed E-state index contributed by atoms with van der Waals surface area (Å²) in [4.78, 5) is 14.9. The lowest BCUT2D eigenvalue weighted by Crippen LogP contribution is -2.29. The molecule has 0 aliphatic carbocycles. The molecule has 0 aliphatic rings. The average Bonchev–Trinajstić information content (AvgIpc) is 2.56. The van der Waals surface area contributed by atoms with E-state index in [0.717, 1.165) is 23.1 Å². The van der Waals surface area contributed by atoms with Gasteiger partial charge in [-0.15, -0.1) is 0 Å². The van der Waals surface area contributed by atoms with Crippen LogP contribution in [0.15, 0.2) is 24.3 Å². The van der Waals surface area contributed by atoms with Gasteiger partial charge in [-0.3, -0.25) is 0 Å². The number of fused-ring (bicyclic) bond motifs is 1. The Morgan fingerprint density at radius 3 is 2.82 bits per heavy atom. The molecule has 1 unspecified atom stereocenters. The number of hydrogen-bond donors (Lipinski definition) is 1. The first kappa shape index (κ1) is 11.8. The standard InChI is InChI=1S/C13H16N2O2/c1-13(17,7-8-16)9-12-14-10-5-3-4-6-11(10)15(12)2/h3-6,8,17H,7,9H2,1-2H3. The van der Waals surface area contributed by atoms with E-state index in [1.54, 1.807) is 6.92 Å². The van der Waals surface area contributed by atoms with Gasteiger partial charge in [-0.1, -0.05) is 12.1 Å². The Balaban J connectivity index is 2.36. The van der Waals surface area contributed by atoms with E-state index in [1.807, 2.05) is 35.9 Å². The van der Waals surface area contributed by atoms with Crippen LogP contribution >= 0.6 is 0 Å². The second kappa shape index (κ2) is 4.30. The summed E-state index contributed by atoms with van der Waals surface area (Å²) in [5, 5.41) is 10.0. The number of aryl methyl sites for hydroxylation is 1. The van der Waals surface area contributed by atoms with Crippen molar-refractivity contribution in [2.75, 3.05) is 0 Å². The lowest BCUT2D eigenvalue weighted by molar-refractivity contribution is -0.111. The molecule has 0 aliphatic heterocycles. The van der Waals surface area contributed by atoms with Gasteiger partial charge in [0, 0.05) is 19.9 Å². The van der Waals surface area contributed by atoms with Gasteiger partial charge in [0.15, 0.2) is 0 Å². The summed E-state index contributed by atoms with van der Waals surface area (Å²) in [7, 11) is 1.92. The smallest absolute Gasteiger partial charge is 0.122 e. The van der Waals surface area contributed by atoms with Crippen LogP contribution in [0.4, 0.5) is 0 Å². The molecule has 1 atom stereocenters. The third-order valence-electron chi connectivity index (χ3n) is 2.94. The number of carbonyl (C=O) groups is 1. The van der Waals surface area contributed by atoms with Crippen LogP contribution in [0.5, 0.6) is 0 Å². The fourth-order valence-electron chi connectivity index (χ4n) is 1.95. The van der Waals surface area contributed by atoms with Gasteiger partial charge < -0.3 is 14.5 Å². The molecule has 90 valence electrons. The average molecular weight is 232 g/mol. The zero-order valence-electron chi connectivity index (χ0n) is 10.1. The van der Waals surface area contributed by atoms with Gasteiger partial charge in [0.1, 0.15) is 12.1 Å². The highest BCUT2D eigenvalue weighted by atomic mass is 16.3. The molecular formula is C13H16N2O2. The van der Waals surface area contributed by atoms with E-state index in [2.05, 4.69) is 4.98 Å². The van der Waals surface area contributed by atoms with Crippen LogP contribution in [0.1, 0.15) is 19.2 Å². The minimum atomic E-state index is -1.03. The van der Waals surface area contributed by atoms with Crippen molar-refractivity contribution in [1.82, 2.24) is 9.55 Å². The molecule has 17 heavy (non-hydrogen) atoms. The van der Waals surface area contributed by atoms with E-state index >= 15 is 0 Å². The first-order chi connectivity index (χ1) is 8.03. The minimum Gasteiger partial charge on any atom is -0.389 e. The lowest BCUT2D eigenvalue weighted by Gasteiger charge is -2.19. The van der Waals surface area contributed by atoms with Crippen LogP contribution in [0.25, 0.3) is 11.0 Å². The number of aromatic nitrogens is 2. The van der Waals surface area contributed by atoms with E-state index < -0.39 is 5.60 Å². The second-order valence-corrected chi connectivity index (χ2v) is 4.62. The maximum atomic E-state index is 10.5. The zero-order valence-corrected chi connectivity index (χ0v) is 10.1. The fraction of sp³-hybridized carbons (Fsp3) is 0.385. The van der Waals surface area contributed by atoms with Gasteiger partial charge in [-0.25, -0.2) is 4.98 Å².